The number of esters is 4. The van der Waals surface area contributed by atoms with Gasteiger partial charge in [-0.2, -0.15) is 0 Å². The minimum atomic E-state index is -4.96. The molecule has 8 atom stereocenters. The molecule has 0 radical (unpaired) electrons. The Bertz CT molecular complexity index is 1890. The van der Waals surface area contributed by atoms with Crippen molar-refractivity contribution < 1.29 is 80.2 Å². The topological polar surface area (TPSA) is 237 Å². The van der Waals surface area contributed by atoms with Gasteiger partial charge in [-0.25, -0.2) is 9.13 Å². The highest BCUT2D eigenvalue weighted by Gasteiger charge is 2.30. The smallest absolute Gasteiger partial charge is 0.462 e. The first kappa shape index (κ1) is 94.1. The van der Waals surface area contributed by atoms with Gasteiger partial charge in [-0.15, -0.1) is 0 Å². The summed E-state index contributed by atoms with van der Waals surface area (Å²) in [6, 6.07) is 0. The third kappa shape index (κ3) is 66.6. The van der Waals surface area contributed by atoms with Gasteiger partial charge in [-0.1, -0.05) is 338 Å². The molecule has 0 aliphatic rings. The molecule has 17 nitrogen and oxygen atoms in total. The predicted octanol–water partition coefficient (Wildman–Crippen LogP) is 22.4. The second-order valence-electron chi connectivity index (χ2n) is 28.9. The lowest BCUT2D eigenvalue weighted by Crippen LogP contribution is -2.30. The van der Waals surface area contributed by atoms with Crippen LogP contribution in [0.25, 0.3) is 0 Å². The van der Waals surface area contributed by atoms with E-state index in [4.69, 9.17) is 37.0 Å². The fraction of sp³-hybridized carbons (Fsp3) is 0.948. The first-order valence-corrected chi connectivity index (χ1v) is 42.8. The summed E-state index contributed by atoms with van der Waals surface area (Å²) in [5.74, 6) is 0.979. The van der Waals surface area contributed by atoms with Crippen molar-refractivity contribution in [1.29, 1.82) is 0 Å². The number of phosphoric ester groups is 2. The first-order chi connectivity index (χ1) is 46.2. The van der Waals surface area contributed by atoms with Crippen molar-refractivity contribution in [1.82, 2.24) is 0 Å². The maximum absolute atomic E-state index is 13.1. The largest absolute Gasteiger partial charge is 0.472 e. The van der Waals surface area contributed by atoms with E-state index >= 15 is 0 Å². The van der Waals surface area contributed by atoms with Crippen molar-refractivity contribution in [3.05, 3.63) is 0 Å². The van der Waals surface area contributed by atoms with Crippen LogP contribution in [0.5, 0.6) is 0 Å². The van der Waals surface area contributed by atoms with E-state index < -0.39 is 97.5 Å². The number of ether oxygens (including phenoxy) is 4. The number of aliphatic hydroxyl groups excluding tert-OH is 1. The Kier molecular flexibility index (Phi) is 65.0. The van der Waals surface area contributed by atoms with E-state index in [2.05, 4.69) is 55.4 Å². The second kappa shape index (κ2) is 66.3. The highest BCUT2D eigenvalue weighted by Crippen LogP contribution is 2.45. The minimum Gasteiger partial charge on any atom is -0.462 e. The summed E-state index contributed by atoms with van der Waals surface area (Å²) in [5, 5.41) is 10.6. The Morgan fingerprint density at radius 2 is 0.500 bits per heavy atom. The first-order valence-electron chi connectivity index (χ1n) is 39.8. The Hall–Kier alpha value is -1.94. The van der Waals surface area contributed by atoms with Gasteiger partial charge in [0.25, 0.3) is 0 Å². The fourth-order valence-corrected chi connectivity index (χ4v) is 13.2. The van der Waals surface area contributed by atoms with E-state index in [9.17, 15) is 43.2 Å². The summed E-state index contributed by atoms with van der Waals surface area (Å²) in [4.78, 5) is 72.8. The molecule has 0 aromatic heterocycles. The molecule has 0 aromatic rings. The van der Waals surface area contributed by atoms with Crippen molar-refractivity contribution in [3.63, 3.8) is 0 Å². The van der Waals surface area contributed by atoms with Gasteiger partial charge in [-0.3, -0.25) is 37.3 Å². The van der Waals surface area contributed by atoms with Crippen molar-refractivity contribution in [3.8, 4) is 0 Å². The molecule has 0 saturated carbocycles. The number of unbranched alkanes of at least 4 members (excludes halogenated alkanes) is 37. The van der Waals surface area contributed by atoms with Gasteiger partial charge in [0.15, 0.2) is 12.2 Å². The predicted molar refractivity (Wildman–Crippen MR) is 391 cm³/mol. The van der Waals surface area contributed by atoms with Crippen LogP contribution in [-0.2, 0) is 65.4 Å². The molecule has 5 unspecified atom stereocenters. The molecule has 0 rings (SSSR count). The molecule has 0 aromatic carbocycles. The summed E-state index contributed by atoms with van der Waals surface area (Å²) in [6.45, 7) is 14.2. The van der Waals surface area contributed by atoms with Crippen LogP contribution in [0.3, 0.4) is 0 Å². The lowest BCUT2D eigenvalue weighted by Gasteiger charge is -2.21. The molecule has 0 aliphatic heterocycles. The van der Waals surface area contributed by atoms with Gasteiger partial charge in [0.05, 0.1) is 26.4 Å². The summed E-state index contributed by atoms with van der Waals surface area (Å²) in [5.41, 5.74) is 0. The van der Waals surface area contributed by atoms with Gasteiger partial charge in [0, 0.05) is 25.7 Å². The Balaban J connectivity index is 5.14. The van der Waals surface area contributed by atoms with Gasteiger partial charge < -0.3 is 33.8 Å². The maximum atomic E-state index is 13.1. The van der Waals surface area contributed by atoms with Crippen LogP contribution in [0, 0.1) is 23.7 Å². The SMILES string of the molecule is CCC(C)CCCCCCCCCCCCCCCCCCCCC(=O)OC[C@H](COP(=O)(O)OC[C@@H](O)COP(=O)(O)OC[C@@H](COC(=O)CCCCCCCCC(C)CC)OC(=O)CCCCCCCCCCCCC(C)CC)OC(=O)CCCCCCCCCC(C)C. The average molecular weight is 1410 g/mol. The van der Waals surface area contributed by atoms with E-state index in [0.717, 1.165) is 114 Å². The summed E-state index contributed by atoms with van der Waals surface area (Å²) < 4.78 is 68.5. The van der Waals surface area contributed by atoms with Gasteiger partial charge >= 0.3 is 39.5 Å². The van der Waals surface area contributed by atoms with Crippen LogP contribution >= 0.6 is 15.6 Å². The van der Waals surface area contributed by atoms with Gasteiger partial charge in [0.2, 0.25) is 0 Å². The minimum absolute atomic E-state index is 0.103. The third-order valence-electron chi connectivity index (χ3n) is 18.9. The van der Waals surface area contributed by atoms with Crippen LogP contribution in [-0.4, -0.2) is 96.7 Å². The monoisotopic (exact) mass is 1410 g/mol. The van der Waals surface area contributed by atoms with E-state index in [1.807, 2.05) is 0 Å². The average Bonchev–Trinajstić information content (AvgIpc) is 1.41. The summed E-state index contributed by atoms with van der Waals surface area (Å²) >= 11 is 0. The number of aliphatic hydroxyl groups is 1. The van der Waals surface area contributed by atoms with Crippen LogP contribution in [0.2, 0.25) is 0 Å². The van der Waals surface area contributed by atoms with Crippen LogP contribution in [0.15, 0.2) is 0 Å². The molecule has 96 heavy (non-hydrogen) atoms. The van der Waals surface area contributed by atoms with Crippen molar-refractivity contribution in [2.24, 2.45) is 23.7 Å². The van der Waals surface area contributed by atoms with E-state index in [1.165, 1.54) is 186 Å². The normalized spacial score (nSPS) is 15.0. The van der Waals surface area contributed by atoms with Crippen LogP contribution < -0.4 is 0 Å². The van der Waals surface area contributed by atoms with Gasteiger partial charge in [0.1, 0.15) is 19.3 Å². The molecular weight excluding hydrogens is 1260 g/mol. The van der Waals surface area contributed by atoms with E-state index in [0.29, 0.717) is 31.6 Å². The number of hydrogen-bond donors (Lipinski definition) is 3. The Morgan fingerprint density at radius 3 is 0.740 bits per heavy atom. The van der Waals surface area contributed by atoms with E-state index in [-0.39, 0.29) is 25.7 Å². The molecule has 570 valence electrons. The zero-order valence-electron chi connectivity index (χ0n) is 63.0. The van der Waals surface area contributed by atoms with Gasteiger partial charge in [-0.05, 0) is 49.4 Å². The summed E-state index contributed by atoms with van der Waals surface area (Å²) in [6.07, 6.45) is 51.5. The van der Waals surface area contributed by atoms with E-state index in [1.54, 1.807) is 0 Å². The number of carbonyl (C=O) groups is 4. The molecule has 0 amide bonds. The molecule has 0 heterocycles. The van der Waals surface area contributed by atoms with Crippen molar-refractivity contribution >= 4 is 39.5 Å². The Labute approximate surface area is 588 Å². The molecule has 0 spiro atoms. The molecular formula is C77H150O17P2. The highest BCUT2D eigenvalue weighted by atomic mass is 31.2. The Morgan fingerprint density at radius 1 is 0.292 bits per heavy atom. The molecule has 0 bridgehead atoms. The number of hydrogen-bond acceptors (Lipinski definition) is 15. The van der Waals surface area contributed by atoms with Crippen LogP contribution in [0.1, 0.15) is 389 Å². The molecule has 0 aliphatic carbocycles. The van der Waals surface area contributed by atoms with Crippen molar-refractivity contribution in [2.45, 2.75) is 408 Å². The lowest BCUT2D eigenvalue weighted by molar-refractivity contribution is -0.161. The maximum Gasteiger partial charge on any atom is 0.472 e. The third-order valence-corrected chi connectivity index (χ3v) is 20.8. The number of rotatable bonds is 74. The highest BCUT2D eigenvalue weighted by molar-refractivity contribution is 7.47. The molecule has 0 fully saturated rings. The van der Waals surface area contributed by atoms with Crippen molar-refractivity contribution in [2.75, 3.05) is 39.6 Å². The van der Waals surface area contributed by atoms with Crippen LogP contribution in [0.4, 0.5) is 0 Å². The number of phosphoric acid groups is 2. The zero-order valence-corrected chi connectivity index (χ0v) is 64.8. The second-order valence-corrected chi connectivity index (χ2v) is 31.9. The summed E-state index contributed by atoms with van der Waals surface area (Å²) in [7, 11) is -9.91. The number of carbonyl (C=O) groups excluding carboxylic acids is 4. The standard InChI is InChI=1S/C77H150O17P2/c1-9-68(6)54-46-38-30-24-20-18-16-14-12-13-15-17-19-21-26-32-41-49-57-74(79)87-63-72(94-77(82)60-52-44-34-28-29-37-45-53-67(4)5)65-91-95(83,84)89-61-71(78)62-90-96(85,86)92-66-73(64-88-75(80)58-50-42-36-35-40-48-56-70(8)11-3)93-76(81)59-51-43-33-27-23-22-25-31-39-47-55-69(7)10-2/h67-73,78H,9-66H2,1-8H3,(H,83,84)(H,85,86)/t68?,69?,70?,71-,72-,73-/m1/s1. The fourth-order valence-electron chi connectivity index (χ4n) is 11.6. The molecule has 0 saturated heterocycles. The lowest BCUT2D eigenvalue weighted by atomic mass is 9.99. The quantitative estimate of drug-likeness (QED) is 0.0222. The molecule has 3 N–H and O–H groups in total. The molecule has 19 heteroatoms. The zero-order chi connectivity index (χ0) is 71.0.